The molecule has 0 aromatic heterocycles. The normalized spacial score (nSPS) is 34.2. The molecule has 1 saturated heterocycles. The smallest absolute Gasteiger partial charge is 0.184 e. The predicted octanol–water partition coefficient (Wildman–Crippen LogP) is -0.260. The molecule has 0 aromatic carbocycles. The lowest BCUT2D eigenvalue weighted by Gasteiger charge is -2.49. The lowest BCUT2D eigenvalue weighted by Crippen LogP contribution is -2.63. The van der Waals surface area contributed by atoms with E-state index in [-0.39, 0.29) is 6.61 Å². The first-order chi connectivity index (χ1) is 13.5. The minimum atomic E-state index is -1.63. The zero-order valence-electron chi connectivity index (χ0n) is 18.1. The van der Waals surface area contributed by atoms with E-state index in [0.717, 1.165) is 6.42 Å². The molecule has 0 aromatic rings. The number of aliphatic hydroxyl groups is 6. The van der Waals surface area contributed by atoms with Gasteiger partial charge in [-0.2, -0.15) is 0 Å². The Morgan fingerprint density at radius 1 is 1.07 bits per heavy atom. The molecule has 0 aliphatic carbocycles. The number of hydrogen-bond acceptors (Lipinski definition) is 9. The molecular formula is C20H40O9. The summed E-state index contributed by atoms with van der Waals surface area (Å²) in [4.78, 5) is 0. The second kappa shape index (κ2) is 11.9. The van der Waals surface area contributed by atoms with Crippen LogP contribution in [0.1, 0.15) is 53.9 Å². The van der Waals surface area contributed by atoms with Crippen LogP contribution in [0.15, 0.2) is 0 Å². The van der Waals surface area contributed by atoms with Crippen molar-refractivity contribution in [3.8, 4) is 0 Å². The Hall–Kier alpha value is -0.360. The van der Waals surface area contributed by atoms with Gasteiger partial charge in [0.1, 0.15) is 12.2 Å². The molecule has 0 saturated carbocycles. The van der Waals surface area contributed by atoms with Gasteiger partial charge in [-0.25, -0.2) is 0 Å². The van der Waals surface area contributed by atoms with Crippen LogP contribution < -0.4 is 0 Å². The first-order valence-corrected chi connectivity index (χ1v) is 10.5. The molecular weight excluding hydrogens is 384 g/mol. The van der Waals surface area contributed by atoms with E-state index in [4.69, 9.17) is 14.2 Å². The lowest BCUT2D eigenvalue weighted by molar-refractivity contribution is -0.329. The van der Waals surface area contributed by atoms with Crippen LogP contribution in [0.4, 0.5) is 0 Å². The maximum absolute atomic E-state index is 10.6. The number of ether oxygens (including phenoxy) is 3. The molecule has 1 rings (SSSR count). The summed E-state index contributed by atoms with van der Waals surface area (Å²) < 4.78 is 17.2. The average Bonchev–Trinajstić information content (AvgIpc) is 2.69. The fourth-order valence-corrected chi connectivity index (χ4v) is 3.74. The Labute approximate surface area is 173 Å². The largest absolute Gasteiger partial charge is 0.394 e. The van der Waals surface area contributed by atoms with E-state index >= 15 is 0 Å². The van der Waals surface area contributed by atoms with Gasteiger partial charge >= 0.3 is 0 Å². The minimum absolute atomic E-state index is 0.237. The van der Waals surface area contributed by atoms with Gasteiger partial charge < -0.3 is 44.8 Å². The van der Waals surface area contributed by atoms with Crippen molar-refractivity contribution in [1.29, 1.82) is 0 Å². The van der Waals surface area contributed by atoms with E-state index in [2.05, 4.69) is 0 Å². The van der Waals surface area contributed by atoms with Gasteiger partial charge in [0.05, 0.1) is 37.1 Å². The van der Waals surface area contributed by atoms with Crippen molar-refractivity contribution in [3.63, 3.8) is 0 Å². The van der Waals surface area contributed by atoms with Gasteiger partial charge in [0.2, 0.25) is 0 Å². The van der Waals surface area contributed by atoms with Crippen molar-refractivity contribution in [2.24, 2.45) is 11.8 Å². The summed E-state index contributed by atoms with van der Waals surface area (Å²) in [5, 5.41) is 60.0. The molecule has 174 valence electrons. The average molecular weight is 425 g/mol. The van der Waals surface area contributed by atoms with Gasteiger partial charge in [0.25, 0.3) is 0 Å². The van der Waals surface area contributed by atoms with Crippen LogP contribution in [0.2, 0.25) is 0 Å². The Balaban J connectivity index is 3.06. The maximum atomic E-state index is 10.6. The highest BCUT2D eigenvalue weighted by atomic mass is 16.7. The molecule has 10 atom stereocenters. The summed E-state index contributed by atoms with van der Waals surface area (Å²) in [5.41, 5.74) is -1.17. The summed E-state index contributed by atoms with van der Waals surface area (Å²) in [6.07, 6.45) is -6.48. The van der Waals surface area contributed by atoms with Gasteiger partial charge in [-0.15, -0.1) is 0 Å². The molecule has 9 heteroatoms. The fraction of sp³-hybridized carbons (Fsp3) is 1.00. The summed E-state index contributed by atoms with van der Waals surface area (Å²) in [5.74, 6) is -0.591. The Kier molecular flexibility index (Phi) is 10.9. The molecule has 1 aliphatic heterocycles. The van der Waals surface area contributed by atoms with Crippen molar-refractivity contribution in [1.82, 2.24) is 0 Å². The van der Waals surface area contributed by atoms with Gasteiger partial charge in [-0.05, 0) is 32.6 Å². The Morgan fingerprint density at radius 2 is 1.69 bits per heavy atom. The van der Waals surface area contributed by atoms with Crippen molar-refractivity contribution in [2.45, 2.75) is 103 Å². The molecule has 1 fully saturated rings. The van der Waals surface area contributed by atoms with Gasteiger partial charge in [-0.3, -0.25) is 0 Å². The summed E-state index contributed by atoms with van der Waals surface area (Å²) in [6.45, 7) is 8.29. The van der Waals surface area contributed by atoms with E-state index in [1.807, 2.05) is 13.8 Å². The van der Waals surface area contributed by atoms with Crippen molar-refractivity contribution < 1.29 is 44.8 Å². The van der Waals surface area contributed by atoms with Crippen LogP contribution >= 0.6 is 0 Å². The minimum Gasteiger partial charge on any atom is -0.394 e. The lowest BCUT2D eigenvalue weighted by atomic mass is 9.75. The third-order valence-electron chi connectivity index (χ3n) is 5.98. The predicted molar refractivity (Wildman–Crippen MR) is 105 cm³/mol. The topological polar surface area (TPSA) is 149 Å². The summed E-state index contributed by atoms with van der Waals surface area (Å²) in [7, 11) is 0. The van der Waals surface area contributed by atoms with E-state index in [1.54, 1.807) is 13.8 Å². The third-order valence-corrected chi connectivity index (χ3v) is 5.98. The fourth-order valence-electron chi connectivity index (χ4n) is 3.74. The molecule has 9 nitrogen and oxygen atoms in total. The molecule has 0 amide bonds. The molecule has 1 heterocycles. The molecule has 1 aliphatic rings. The zero-order chi connectivity index (χ0) is 22.4. The number of aliphatic hydroxyl groups excluding tert-OH is 6. The van der Waals surface area contributed by atoms with Crippen LogP contribution in [0, 0.1) is 11.8 Å². The van der Waals surface area contributed by atoms with E-state index < -0.39 is 61.2 Å². The van der Waals surface area contributed by atoms with Crippen molar-refractivity contribution >= 4 is 0 Å². The Bertz CT molecular complexity index is 461. The molecule has 6 N–H and O–H groups in total. The first kappa shape index (κ1) is 26.7. The van der Waals surface area contributed by atoms with Crippen LogP contribution in [0.25, 0.3) is 0 Å². The summed E-state index contributed by atoms with van der Waals surface area (Å²) >= 11 is 0. The third kappa shape index (κ3) is 6.81. The van der Waals surface area contributed by atoms with Crippen LogP contribution in [-0.2, 0) is 14.2 Å². The quantitative estimate of drug-likeness (QED) is 0.233. The second-order valence-corrected chi connectivity index (χ2v) is 8.34. The summed E-state index contributed by atoms with van der Waals surface area (Å²) in [6, 6.07) is 0. The highest BCUT2D eigenvalue weighted by molar-refractivity contribution is 4.99. The van der Waals surface area contributed by atoms with E-state index in [9.17, 15) is 30.6 Å². The highest BCUT2D eigenvalue weighted by Crippen LogP contribution is 2.39. The number of rotatable bonds is 12. The van der Waals surface area contributed by atoms with Gasteiger partial charge in [-0.1, -0.05) is 27.2 Å². The van der Waals surface area contributed by atoms with Crippen molar-refractivity contribution in [3.05, 3.63) is 0 Å². The first-order valence-electron chi connectivity index (χ1n) is 10.5. The zero-order valence-corrected chi connectivity index (χ0v) is 18.1. The van der Waals surface area contributed by atoms with Crippen LogP contribution in [-0.4, -0.2) is 92.6 Å². The van der Waals surface area contributed by atoms with Crippen LogP contribution in [0.3, 0.4) is 0 Å². The monoisotopic (exact) mass is 424 g/mol. The van der Waals surface area contributed by atoms with Crippen molar-refractivity contribution in [2.75, 3.05) is 13.2 Å². The van der Waals surface area contributed by atoms with E-state index in [1.165, 1.54) is 6.92 Å². The number of hydrogen-bond donors (Lipinski definition) is 6. The highest BCUT2D eigenvalue weighted by Gasteiger charge is 2.53. The Morgan fingerprint density at radius 3 is 2.14 bits per heavy atom. The SMILES string of the molecule is CCC(C)CC(CO)O[C@H](OC(C)(CC)[C@@H]1C(CO)OC(O)[C@@H](O)C1O)[C@H](C)O. The molecule has 0 spiro atoms. The van der Waals surface area contributed by atoms with Gasteiger partial charge in [0, 0.05) is 5.92 Å². The molecule has 6 unspecified atom stereocenters. The maximum Gasteiger partial charge on any atom is 0.184 e. The molecule has 0 radical (unpaired) electrons. The molecule has 0 bridgehead atoms. The van der Waals surface area contributed by atoms with E-state index in [0.29, 0.717) is 18.8 Å². The standard InChI is InChI=1S/C20H40O9/c1-6-11(3)8-13(9-21)27-19(12(4)23)29-20(5,7-2)15-14(10-22)28-18(26)17(25)16(15)24/h11-19,21-26H,6-10H2,1-5H3/t11?,12-,13?,14?,15+,16?,17-,18?,19+,20?/m0/s1. The second-order valence-electron chi connectivity index (χ2n) is 8.34. The molecule has 29 heavy (non-hydrogen) atoms. The van der Waals surface area contributed by atoms with Crippen LogP contribution in [0.5, 0.6) is 0 Å². The van der Waals surface area contributed by atoms with Gasteiger partial charge in [0.15, 0.2) is 12.6 Å².